The molecule has 5 nitrogen and oxygen atoms in total. The van der Waals surface area contributed by atoms with Gasteiger partial charge >= 0.3 is 0 Å². The van der Waals surface area contributed by atoms with E-state index < -0.39 is 0 Å². The number of hydrogen-bond acceptors (Lipinski definition) is 5. The zero-order chi connectivity index (χ0) is 14.3. The second-order valence-corrected chi connectivity index (χ2v) is 5.00. The van der Waals surface area contributed by atoms with Crippen LogP contribution in [0.3, 0.4) is 0 Å². The third-order valence-electron chi connectivity index (χ3n) is 3.62. The standard InChI is InChI=1S/C15H17N5/c1-8-3-4-10-7-11-14(17)18-12(5-6-16)19-15(11)20-13(10)9(8)2/h3-4,7H,5-6,16H2,1-2H3,(H2,17,18,19,20). The summed E-state index contributed by atoms with van der Waals surface area (Å²) in [6.45, 7) is 4.65. The van der Waals surface area contributed by atoms with Gasteiger partial charge < -0.3 is 11.5 Å². The van der Waals surface area contributed by atoms with Crippen molar-refractivity contribution in [2.24, 2.45) is 5.73 Å². The van der Waals surface area contributed by atoms with Crippen molar-refractivity contribution < 1.29 is 0 Å². The van der Waals surface area contributed by atoms with E-state index in [9.17, 15) is 0 Å². The van der Waals surface area contributed by atoms with E-state index in [1.807, 2.05) is 6.07 Å². The zero-order valence-corrected chi connectivity index (χ0v) is 11.6. The van der Waals surface area contributed by atoms with Gasteiger partial charge in [0.1, 0.15) is 11.6 Å². The minimum atomic E-state index is 0.464. The Morgan fingerprint density at radius 1 is 1.10 bits per heavy atom. The normalized spacial score (nSPS) is 11.3. The van der Waals surface area contributed by atoms with E-state index in [0.717, 1.165) is 16.3 Å². The number of nitrogens with two attached hydrogens (primary N) is 2. The molecule has 5 heteroatoms. The number of aryl methyl sites for hydroxylation is 2. The molecule has 0 bridgehead atoms. The van der Waals surface area contributed by atoms with Crippen molar-refractivity contribution >= 4 is 27.8 Å². The first-order chi connectivity index (χ1) is 9.60. The lowest BCUT2D eigenvalue weighted by Gasteiger charge is -2.08. The average Bonchev–Trinajstić information content (AvgIpc) is 2.42. The number of anilines is 1. The van der Waals surface area contributed by atoms with Crippen molar-refractivity contribution in [1.29, 1.82) is 0 Å². The number of pyridine rings is 1. The summed E-state index contributed by atoms with van der Waals surface area (Å²) in [5.74, 6) is 1.11. The first kappa shape index (κ1) is 12.7. The Labute approximate surface area is 117 Å². The lowest BCUT2D eigenvalue weighted by molar-refractivity contribution is 0.879. The lowest BCUT2D eigenvalue weighted by Crippen LogP contribution is -2.09. The molecule has 2 aromatic heterocycles. The molecular formula is C15H17N5. The number of rotatable bonds is 2. The number of aromatic nitrogens is 3. The van der Waals surface area contributed by atoms with Crippen molar-refractivity contribution in [3.05, 3.63) is 35.2 Å². The molecule has 1 aromatic carbocycles. The number of nitrogens with zero attached hydrogens (tertiary/aromatic N) is 3. The topological polar surface area (TPSA) is 90.7 Å². The largest absolute Gasteiger partial charge is 0.383 e. The SMILES string of the molecule is Cc1ccc2cc3c(N)nc(CCN)nc3nc2c1C. The van der Waals surface area contributed by atoms with E-state index in [1.54, 1.807) is 0 Å². The summed E-state index contributed by atoms with van der Waals surface area (Å²) < 4.78 is 0. The molecule has 0 spiro atoms. The third kappa shape index (κ3) is 1.96. The van der Waals surface area contributed by atoms with Crippen molar-refractivity contribution in [3.63, 3.8) is 0 Å². The first-order valence-electron chi connectivity index (χ1n) is 6.63. The molecule has 0 unspecified atom stereocenters. The van der Waals surface area contributed by atoms with E-state index in [1.165, 1.54) is 11.1 Å². The molecule has 0 saturated heterocycles. The molecule has 0 fully saturated rings. The van der Waals surface area contributed by atoms with Crippen LogP contribution in [0, 0.1) is 13.8 Å². The van der Waals surface area contributed by atoms with Gasteiger partial charge in [-0.25, -0.2) is 15.0 Å². The Morgan fingerprint density at radius 3 is 2.65 bits per heavy atom. The third-order valence-corrected chi connectivity index (χ3v) is 3.62. The van der Waals surface area contributed by atoms with Crippen molar-refractivity contribution in [1.82, 2.24) is 15.0 Å². The maximum atomic E-state index is 6.01. The van der Waals surface area contributed by atoms with Crippen LogP contribution in [0.4, 0.5) is 5.82 Å². The number of nitrogen functional groups attached to an aromatic ring is 1. The van der Waals surface area contributed by atoms with Crippen molar-refractivity contribution in [2.75, 3.05) is 12.3 Å². The minimum absolute atomic E-state index is 0.464. The van der Waals surface area contributed by atoms with Gasteiger partial charge in [-0.3, -0.25) is 0 Å². The Kier molecular flexibility index (Phi) is 2.99. The molecular weight excluding hydrogens is 250 g/mol. The monoisotopic (exact) mass is 267 g/mol. The van der Waals surface area contributed by atoms with E-state index >= 15 is 0 Å². The fraction of sp³-hybridized carbons (Fsp3) is 0.267. The lowest BCUT2D eigenvalue weighted by atomic mass is 10.0. The van der Waals surface area contributed by atoms with E-state index in [0.29, 0.717) is 30.3 Å². The van der Waals surface area contributed by atoms with Crippen molar-refractivity contribution in [3.8, 4) is 0 Å². The first-order valence-corrected chi connectivity index (χ1v) is 6.63. The highest BCUT2D eigenvalue weighted by Crippen LogP contribution is 2.25. The molecule has 0 amide bonds. The molecule has 0 radical (unpaired) electrons. The van der Waals surface area contributed by atoms with Gasteiger partial charge in [0.05, 0.1) is 10.9 Å². The molecule has 0 aliphatic heterocycles. The highest BCUT2D eigenvalue weighted by Gasteiger charge is 2.10. The van der Waals surface area contributed by atoms with Crippen LogP contribution >= 0.6 is 0 Å². The molecule has 0 aliphatic carbocycles. The summed E-state index contributed by atoms with van der Waals surface area (Å²) in [4.78, 5) is 13.4. The predicted molar refractivity (Wildman–Crippen MR) is 81.5 cm³/mol. The average molecular weight is 267 g/mol. The zero-order valence-electron chi connectivity index (χ0n) is 11.6. The number of fused-ring (bicyclic) bond motifs is 2. The van der Waals surface area contributed by atoms with Gasteiger partial charge in [0.15, 0.2) is 5.65 Å². The van der Waals surface area contributed by atoms with Crippen LogP contribution in [-0.4, -0.2) is 21.5 Å². The van der Waals surface area contributed by atoms with Gasteiger partial charge in [-0.05, 0) is 37.6 Å². The van der Waals surface area contributed by atoms with Gasteiger partial charge in [0.25, 0.3) is 0 Å². The molecule has 2 heterocycles. The van der Waals surface area contributed by atoms with Crippen LogP contribution in [0.15, 0.2) is 18.2 Å². The van der Waals surface area contributed by atoms with Gasteiger partial charge in [-0.15, -0.1) is 0 Å². The Balaban J connectivity index is 2.36. The minimum Gasteiger partial charge on any atom is -0.383 e. The summed E-state index contributed by atoms with van der Waals surface area (Å²) in [7, 11) is 0. The van der Waals surface area contributed by atoms with Gasteiger partial charge in [0.2, 0.25) is 0 Å². The molecule has 0 saturated carbocycles. The maximum absolute atomic E-state index is 6.01. The number of benzene rings is 1. The van der Waals surface area contributed by atoms with Crippen LogP contribution in [0.25, 0.3) is 21.9 Å². The summed E-state index contributed by atoms with van der Waals surface area (Å²) in [6.07, 6.45) is 0.604. The molecule has 102 valence electrons. The van der Waals surface area contributed by atoms with Crippen LogP contribution in [0.2, 0.25) is 0 Å². The Hall–Kier alpha value is -2.27. The molecule has 3 aromatic rings. The number of hydrogen-bond donors (Lipinski definition) is 2. The fourth-order valence-electron chi connectivity index (χ4n) is 2.33. The fourth-order valence-corrected chi connectivity index (χ4v) is 2.33. The van der Waals surface area contributed by atoms with E-state index in [-0.39, 0.29) is 0 Å². The molecule has 0 aliphatic rings. The Bertz CT molecular complexity index is 810. The smallest absolute Gasteiger partial charge is 0.165 e. The maximum Gasteiger partial charge on any atom is 0.165 e. The summed E-state index contributed by atoms with van der Waals surface area (Å²) in [5, 5.41) is 1.85. The van der Waals surface area contributed by atoms with Gasteiger partial charge in [-0.2, -0.15) is 0 Å². The van der Waals surface area contributed by atoms with Gasteiger partial charge in [-0.1, -0.05) is 12.1 Å². The van der Waals surface area contributed by atoms with E-state index in [2.05, 4.69) is 40.9 Å². The summed E-state index contributed by atoms with van der Waals surface area (Å²) in [6, 6.07) is 6.15. The second-order valence-electron chi connectivity index (χ2n) is 5.00. The summed E-state index contributed by atoms with van der Waals surface area (Å²) in [5.41, 5.74) is 15.6. The van der Waals surface area contributed by atoms with Crippen LogP contribution in [0.5, 0.6) is 0 Å². The molecule has 0 atom stereocenters. The summed E-state index contributed by atoms with van der Waals surface area (Å²) >= 11 is 0. The van der Waals surface area contributed by atoms with Crippen LogP contribution < -0.4 is 11.5 Å². The van der Waals surface area contributed by atoms with Gasteiger partial charge in [0, 0.05) is 11.8 Å². The molecule has 3 rings (SSSR count). The molecule has 4 N–H and O–H groups in total. The predicted octanol–water partition coefficient (Wildman–Crippen LogP) is 1.88. The van der Waals surface area contributed by atoms with E-state index in [4.69, 9.17) is 11.5 Å². The Morgan fingerprint density at radius 2 is 1.90 bits per heavy atom. The molecule has 20 heavy (non-hydrogen) atoms. The highest BCUT2D eigenvalue weighted by atomic mass is 15.0. The van der Waals surface area contributed by atoms with Crippen LogP contribution in [-0.2, 0) is 6.42 Å². The second kappa shape index (κ2) is 4.68. The highest BCUT2D eigenvalue weighted by molar-refractivity contribution is 5.97. The van der Waals surface area contributed by atoms with Crippen LogP contribution in [0.1, 0.15) is 17.0 Å². The quantitative estimate of drug-likeness (QED) is 0.692. The van der Waals surface area contributed by atoms with Crippen molar-refractivity contribution in [2.45, 2.75) is 20.3 Å².